The van der Waals surface area contributed by atoms with Crippen LogP contribution in [0.5, 0.6) is 17.2 Å². The molecule has 9 heteroatoms. The lowest BCUT2D eigenvalue weighted by Gasteiger charge is -2.09. The van der Waals surface area contributed by atoms with Crippen molar-refractivity contribution in [1.29, 1.82) is 0 Å². The Bertz CT molecular complexity index is 1380. The van der Waals surface area contributed by atoms with E-state index in [0.29, 0.717) is 41.6 Å². The van der Waals surface area contributed by atoms with Gasteiger partial charge in [0, 0.05) is 5.57 Å². The average Bonchev–Trinajstić information content (AvgIpc) is 3.01. The van der Waals surface area contributed by atoms with Gasteiger partial charge in [-0.2, -0.15) is 0 Å². The molecule has 0 atom stereocenters. The van der Waals surface area contributed by atoms with E-state index in [1.807, 2.05) is 36.4 Å². The smallest absolute Gasteiger partial charge is 0.353 e. The van der Waals surface area contributed by atoms with Crippen molar-refractivity contribution in [1.82, 2.24) is 0 Å². The van der Waals surface area contributed by atoms with Crippen LogP contribution < -0.4 is 19.9 Å². The first-order valence-electron chi connectivity index (χ1n) is 14.0. The molecule has 0 radical (unpaired) electrons. The SMILES string of the molecule is C=C(C)C(=O)OCCCCCCOc1ccc(C(=O)Oc2ccc(-c3ccc(OCCOC(=O)C(=C)N)cc3)cc2)cc1. The maximum absolute atomic E-state index is 12.6. The number of rotatable bonds is 17. The van der Waals surface area contributed by atoms with Gasteiger partial charge in [-0.25, -0.2) is 14.4 Å². The zero-order valence-corrected chi connectivity index (χ0v) is 24.3. The highest BCUT2D eigenvalue weighted by atomic mass is 16.6. The Kier molecular flexibility index (Phi) is 12.9. The number of unbranched alkanes of at least 4 members (excludes halogenated alkanes) is 3. The predicted octanol–water partition coefficient (Wildman–Crippen LogP) is 6.03. The summed E-state index contributed by atoms with van der Waals surface area (Å²) in [5.74, 6) is 0.259. The molecular weight excluding hydrogens is 550 g/mol. The second-order valence-corrected chi connectivity index (χ2v) is 9.65. The van der Waals surface area contributed by atoms with Gasteiger partial charge < -0.3 is 29.4 Å². The van der Waals surface area contributed by atoms with Gasteiger partial charge in [0.05, 0.1) is 18.8 Å². The average molecular weight is 588 g/mol. The summed E-state index contributed by atoms with van der Waals surface area (Å²) in [7, 11) is 0. The minimum Gasteiger partial charge on any atom is -0.494 e. The maximum atomic E-state index is 12.6. The van der Waals surface area contributed by atoms with Crippen LogP contribution in [0, 0.1) is 0 Å². The minimum atomic E-state index is -0.659. The lowest BCUT2D eigenvalue weighted by atomic mass is 10.1. The highest BCUT2D eigenvalue weighted by molar-refractivity contribution is 5.91. The van der Waals surface area contributed by atoms with E-state index in [4.69, 9.17) is 29.4 Å². The molecule has 3 aromatic carbocycles. The molecule has 9 nitrogen and oxygen atoms in total. The second-order valence-electron chi connectivity index (χ2n) is 9.65. The fourth-order valence-corrected chi connectivity index (χ4v) is 3.73. The maximum Gasteiger partial charge on any atom is 0.353 e. The van der Waals surface area contributed by atoms with Crippen molar-refractivity contribution < 1.29 is 38.1 Å². The van der Waals surface area contributed by atoms with E-state index in [-0.39, 0.29) is 24.9 Å². The fraction of sp³-hybridized carbons (Fsp3) is 0.265. The number of carbonyl (C=O) groups excluding carboxylic acids is 3. The van der Waals surface area contributed by atoms with Crippen LogP contribution in [0.2, 0.25) is 0 Å². The summed E-state index contributed by atoms with van der Waals surface area (Å²) in [6.07, 6.45) is 3.57. The third-order valence-electron chi connectivity index (χ3n) is 6.08. The molecule has 0 heterocycles. The number of carbonyl (C=O) groups is 3. The Morgan fingerprint density at radius 3 is 1.65 bits per heavy atom. The van der Waals surface area contributed by atoms with E-state index in [1.165, 1.54) is 0 Å². The largest absolute Gasteiger partial charge is 0.494 e. The Morgan fingerprint density at radius 2 is 1.09 bits per heavy atom. The van der Waals surface area contributed by atoms with Crippen LogP contribution in [0.4, 0.5) is 0 Å². The van der Waals surface area contributed by atoms with Crippen LogP contribution in [0.15, 0.2) is 97.2 Å². The molecule has 0 aromatic heterocycles. The van der Waals surface area contributed by atoms with Crippen molar-refractivity contribution in [3.05, 3.63) is 103 Å². The van der Waals surface area contributed by atoms with Gasteiger partial charge in [-0.3, -0.25) is 0 Å². The monoisotopic (exact) mass is 587 g/mol. The summed E-state index contributed by atoms with van der Waals surface area (Å²) in [5, 5.41) is 0. The predicted molar refractivity (Wildman–Crippen MR) is 163 cm³/mol. The minimum absolute atomic E-state index is 0.0645. The highest BCUT2D eigenvalue weighted by Gasteiger charge is 2.10. The molecule has 0 saturated carbocycles. The van der Waals surface area contributed by atoms with E-state index in [1.54, 1.807) is 43.3 Å². The highest BCUT2D eigenvalue weighted by Crippen LogP contribution is 2.25. The van der Waals surface area contributed by atoms with Crippen molar-refractivity contribution in [2.45, 2.75) is 32.6 Å². The Hall–Kier alpha value is -5.05. The van der Waals surface area contributed by atoms with Crippen LogP contribution in [0.3, 0.4) is 0 Å². The summed E-state index contributed by atoms with van der Waals surface area (Å²) in [5.41, 5.74) is 7.82. The number of hydrogen-bond acceptors (Lipinski definition) is 9. The number of esters is 3. The summed E-state index contributed by atoms with van der Waals surface area (Å²) >= 11 is 0. The van der Waals surface area contributed by atoms with E-state index in [2.05, 4.69) is 13.2 Å². The summed E-state index contributed by atoms with van der Waals surface area (Å²) in [4.78, 5) is 35.2. The quantitative estimate of drug-likeness (QED) is 0.0873. The number of ether oxygens (including phenoxy) is 5. The normalized spacial score (nSPS) is 10.3. The van der Waals surface area contributed by atoms with Gasteiger partial charge in [-0.1, -0.05) is 37.4 Å². The van der Waals surface area contributed by atoms with E-state index in [9.17, 15) is 14.4 Å². The first-order chi connectivity index (χ1) is 20.7. The van der Waals surface area contributed by atoms with E-state index >= 15 is 0 Å². The van der Waals surface area contributed by atoms with Crippen molar-refractivity contribution >= 4 is 17.9 Å². The van der Waals surface area contributed by atoms with Gasteiger partial charge in [-0.15, -0.1) is 0 Å². The molecule has 226 valence electrons. The first-order valence-corrected chi connectivity index (χ1v) is 14.0. The van der Waals surface area contributed by atoms with Crippen molar-refractivity contribution in [3.8, 4) is 28.4 Å². The molecule has 3 rings (SSSR count). The van der Waals surface area contributed by atoms with Gasteiger partial charge in [0.15, 0.2) is 0 Å². The Labute approximate surface area is 251 Å². The molecule has 0 spiro atoms. The van der Waals surface area contributed by atoms with Crippen molar-refractivity contribution in [2.75, 3.05) is 26.4 Å². The van der Waals surface area contributed by atoms with Crippen molar-refractivity contribution in [3.63, 3.8) is 0 Å². The second kappa shape index (κ2) is 17.0. The molecule has 2 N–H and O–H groups in total. The molecule has 0 bridgehead atoms. The number of benzene rings is 3. The number of hydrogen-bond donors (Lipinski definition) is 1. The molecule has 0 saturated heterocycles. The third kappa shape index (κ3) is 11.4. The van der Waals surface area contributed by atoms with Gasteiger partial charge in [0.1, 0.15) is 36.2 Å². The van der Waals surface area contributed by atoms with Crippen LogP contribution in [0.25, 0.3) is 11.1 Å². The fourth-order valence-electron chi connectivity index (χ4n) is 3.73. The van der Waals surface area contributed by atoms with Gasteiger partial charge >= 0.3 is 17.9 Å². The van der Waals surface area contributed by atoms with E-state index < -0.39 is 11.9 Å². The van der Waals surface area contributed by atoms with Gasteiger partial charge in [0.25, 0.3) is 0 Å². The van der Waals surface area contributed by atoms with Crippen LogP contribution >= 0.6 is 0 Å². The standard InChI is InChI=1S/C34H37NO8/c1-24(2)32(36)41-21-7-5-4-6-20-39-29-16-12-28(13-17-29)34(38)43-31-18-10-27(11-19-31)26-8-14-30(15-9-26)40-22-23-42-33(37)25(3)35/h8-19H,1,3-7,20-23,35H2,2H3. The molecule has 0 unspecified atom stereocenters. The summed E-state index contributed by atoms with van der Waals surface area (Å²) < 4.78 is 26.8. The lowest BCUT2D eigenvalue weighted by molar-refractivity contribution is -0.140. The zero-order valence-electron chi connectivity index (χ0n) is 24.3. The third-order valence-corrected chi connectivity index (χ3v) is 6.08. The molecule has 3 aromatic rings. The topological polar surface area (TPSA) is 123 Å². The van der Waals surface area contributed by atoms with E-state index in [0.717, 1.165) is 36.8 Å². The molecule has 0 fully saturated rings. The van der Waals surface area contributed by atoms with Gasteiger partial charge in [-0.05, 0) is 92.3 Å². The molecular formula is C34H37NO8. The molecule has 0 aliphatic carbocycles. The lowest BCUT2D eigenvalue weighted by Crippen LogP contribution is -2.17. The van der Waals surface area contributed by atoms with Crippen LogP contribution in [-0.2, 0) is 19.1 Å². The first kappa shape index (κ1) is 32.5. The Balaban J connectivity index is 1.36. The van der Waals surface area contributed by atoms with Crippen molar-refractivity contribution in [2.24, 2.45) is 5.73 Å². The Morgan fingerprint density at radius 1 is 0.605 bits per heavy atom. The van der Waals surface area contributed by atoms with Gasteiger partial charge in [0.2, 0.25) is 0 Å². The molecule has 0 aliphatic rings. The number of nitrogens with two attached hydrogens (primary N) is 1. The summed E-state index contributed by atoms with van der Waals surface area (Å²) in [6.45, 7) is 9.70. The molecule has 43 heavy (non-hydrogen) atoms. The van der Waals surface area contributed by atoms with Crippen LogP contribution in [0.1, 0.15) is 43.0 Å². The van der Waals surface area contributed by atoms with Crippen LogP contribution in [-0.4, -0.2) is 44.3 Å². The molecule has 0 amide bonds. The zero-order chi connectivity index (χ0) is 31.0. The summed E-state index contributed by atoms with van der Waals surface area (Å²) in [6, 6.07) is 21.5. The molecule has 0 aliphatic heterocycles.